The van der Waals surface area contributed by atoms with Crippen molar-refractivity contribution in [2.75, 3.05) is 26.4 Å². The fourth-order valence-corrected chi connectivity index (χ4v) is 11.1. The van der Waals surface area contributed by atoms with Crippen LogP contribution in [0.25, 0.3) is 0 Å². The summed E-state index contributed by atoms with van der Waals surface area (Å²) in [6.07, 6.45) is 70.8. The highest BCUT2D eigenvalue weighted by Crippen LogP contribution is 2.43. The Bertz CT molecular complexity index is 1210. The third kappa shape index (κ3) is 60.5. The van der Waals surface area contributed by atoms with Gasteiger partial charge in [0.15, 0.2) is 0 Å². The van der Waals surface area contributed by atoms with Crippen molar-refractivity contribution < 1.29 is 42.7 Å². The molecule has 0 saturated carbocycles. The number of carbonyl (C=O) groups is 2. The number of esters is 1. The summed E-state index contributed by atoms with van der Waals surface area (Å²) < 4.78 is 33.7. The van der Waals surface area contributed by atoms with E-state index >= 15 is 0 Å². The van der Waals surface area contributed by atoms with Crippen molar-refractivity contribution in [2.24, 2.45) is 5.73 Å². The van der Waals surface area contributed by atoms with E-state index in [1.807, 2.05) is 0 Å². The lowest BCUT2D eigenvalue weighted by atomic mass is 10.0. The number of rotatable bonds is 65. The van der Waals surface area contributed by atoms with Crippen LogP contribution in [0.5, 0.6) is 0 Å². The summed E-state index contributed by atoms with van der Waals surface area (Å²) in [7, 11) is -4.62. The van der Waals surface area contributed by atoms with E-state index in [0.29, 0.717) is 6.61 Å². The molecule has 0 aromatic rings. The molecule has 0 radical (unpaired) electrons. The maximum Gasteiger partial charge on any atom is 0.472 e. The number of carbonyl (C=O) groups excluding carboxylic acids is 1. The SMILES string of the molecule is CCCCCCCCCCCCCCCCCCCCCCCCCCCCCCCCCCCCCC(=O)O[C@H](COCCCCCCCCCCCCCCCCCCCC)COP(=O)(O)OC[C@H](N)C(=O)O. The number of ether oxygens (including phenoxy) is 2. The highest BCUT2D eigenvalue weighted by atomic mass is 31.2. The molecule has 0 aromatic carbocycles. The van der Waals surface area contributed by atoms with Crippen molar-refractivity contribution in [1.82, 2.24) is 0 Å². The molecule has 0 amide bonds. The topological polar surface area (TPSA) is 155 Å². The first-order valence-corrected chi connectivity index (χ1v) is 34.6. The van der Waals surface area contributed by atoms with Gasteiger partial charge < -0.3 is 25.2 Å². The van der Waals surface area contributed by atoms with E-state index in [9.17, 15) is 19.0 Å². The molecule has 3 atom stereocenters. The summed E-state index contributed by atoms with van der Waals surface area (Å²) in [5.74, 6) is -1.75. The molecule has 0 aliphatic carbocycles. The van der Waals surface area contributed by atoms with E-state index < -0.39 is 45.1 Å². The van der Waals surface area contributed by atoms with E-state index in [-0.39, 0.29) is 13.0 Å². The molecule has 11 heteroatoms. The van der Waals surface area contributed by atoms with E-state index in [2.05, 4.69) is 13.8 Å². The molecule has 0 bridgehead atoms. The Balaban J connectivity index is 3.84. The number of hydrogen-bond acceptors (Lipinski definition) is 8. The first-order chi connectivity index (χ1) is 36.7. The van der Waals surface area contributed by atoms with Crippen LogP contribution >= 0.6 is 7.82 Å². The number of phosphoric acid groups is 1. The zero-order chi connectivity index (χ0) is 54.7. The van der Waals surface area contributed by atoms with E-state index in [1.54, 1.807) is 0 Å². The molecule has 0 aliphatic heterocycles. The molecule has 0 spiro atoms. The molecule has 75 heavy (non-hydrogen) atoms. The number of carboxylic acids is 1. The molecule has 0 fully saturated rings. The third-order valence-electron chi connectivity index (χ3n) is 15.4. The van der Waals surface area contributed by atoms with Crippen LogP contribution in [-0.4, -0.2) is 60.5 Å². The third-order valence-corrected chi connectivity index (χ3v) is 16.3. The molecule has 4 N–H and O–H groups in total. The number of phosphoric ester groups is 1. The van der Waals surface area contributed by atoms with Crippen molar-refractivity contribution in [3.8, 4) is 0 Å². The van der Waals surface area contributed by atoms with Gasteiger partial charge in [-0.1, -0.05) is 341 Å². The molecule has 0 aromatic heterocycles. The van der Waals surface area contributed by atoms with Gasteiger partial charge >= 0.3 is 19.8 Å². The molecule has 0 saturated heterocycles. The predicted molar refractivity (Wildman–Crippen MR) is 319 cm³/mol. The summed E-state index contributed by atoms with van der Waals surface area (Å²) in [4.78, 5) is 33.9. The summed E-state index contributed by atoms with van der Waals surface area (Å²) in [5, 5.41) is 8.97. The lowest BCUT2D eigenvalue weighted by Crippen LogP contribution is -2.34. The van der Waals surface area contributed by atoms with Crippen molar-refractivity contribution >= 4 is 19.8 Å². The molecule has 0 heterocycles. The van der Waals surface area contributed by atoms with Crippen molar-refractivity contribution in [2.45, 2.75) is 373 Å². The van der Waals surface area contributed by atoms with Gasteiger partial charge in [0.05, 0.1) is 19.8 Å². The van der Waals surface area contributed by atoms with Gasteiger partial charge in [0.25, 0.3) is 0 Å². The average Bonchev–Trinajstić information content (AvgIpc) is 3.39. The summed E-state index contributed by atoms with van der Waals surface area (Å²) in [6, 6.07) is -1.47. The highest BCUT2D eigenvalue weighted by molar-refractivity contribution is 7.47. The summed E-state index contributed by atoms with van der Waals surface area (Å²) in [6.45, 7) is 3.99. The molecule has 10 nitrogen and oxygen atoms in total. The Morgan fingerprint density at radius 1 is 0.373 bits per heavy atom. The molecular formula is C64H128NO9P. The molecular weight excluding hydrogens is 958 g/mol. The van der Waals surface area contributed by atoms with Crippen LogP contribution in [-0.2, 0) is 32.7 Å². The minimum Gasteiger partial charge on any atom is -0.480 e. The second-order valence-corrected chi connectivity index (χ2v) is 24.4. The fraction of sp³-hybridized carbons (Fsp3) is 0.969. The number of nitrogens with two attached hydrogens (primary N) is 1. The number of carboxylic acid groups (broad SMARTS) is 1. The molecule has 448 valence electrons. The van der Waals surface area contributed by atoms with Crippen LogP contribution in [0.3, 0.4) is 0 Å². The summed E-state index contributed by atoms with van der Waals surface area (Å²) in [5.41, 5.74) is 5.40. The van der Waals surface area contributed by atoms with Crippen LogP contribution in [0.15, 0.2) is 0 Å². The van der Waals surface area contributed by atoms with Crippen molar-refractivity contribution in [1.29, 1.82) is 0 Å². The van der Waals surface area contributed by atoms with Gasteiger partial charge in [-0.25, -0.2) is 4.57 Å². The molecule has 0 aliphatic rings. The van der Waals surface area contributed by atoms with E-state index in [0.717, 1.165) is 38.5 Å². The van der Waals surface area contributed by atoms with Gasteiger partial charge in [-0.15, -0.1) is 0 Å². The van der Waals surface area contributed by atoms with Crippen molar-refractivity contribution in [3.05, 3.63) is 0 Å². The Hall–Kier alpha value is -1.03. The van der Waals surface area contributed by atoms with Gasteiger partial charge in [0, 0.05) is 13.0 Å². The van der Waals surface area contributed by atoms with E-state index in [1.165, 1.54) is 302 Å². The Morgan fingerprint density at radius 2 is 0.613 bits per heavy atom. The lowest BCUT2D eigenvalue weighted by molar-refractivity contribution is -0.154. The second kappa shape index (κ2) is 60.6. The first-order valence-electron chi connectivity index (χ1n) is 33.1. The standard InChI is InChI=1S/C64H128NO9P/c1-3-5-7-9-11-13-15-17-19-21-23-24-25-26-27-28-29-30-31-32-33-34-35-36-37-38-39-40-42-44-46-48-50-52-54-56-63(66)74-61(59-72-75(69,70)73-60-62(65)64(67)68)58-71-57-55-53-51-49-47-45-43-41-22-20-18-16-14-12-10-8-6-4-2/h61-62H,3-60,65H2,1-2H3,(H,67,68)(H,69,70)/t61-,62+/m1/s1. The zero-order valence-electron chi connectivity index (χ0n) is 49.9. The van der Waals surface area contributed by atoms with Crippen LogP contribution in [0, 0.1) is 0 Å². The number of hydrogen-bond donors (Lipinski definition) is 3. The first kappa shape index (κ1) is 74.0. The molecule has 1 unspecified atom stereocenters. The van der Waals surface area contributed by atoms with Gasteiger partial charge in [-0.3, -0.25) is 18.6 Å². The average molecular weight is 1090 g/mol. The van der Waals surface area contributed by atoms with Gasteiger partial charge in [-0.05, 0) is 12.8 Å². The van der Waals surface area contributed by atoms with Crippen LogP contribution < -0.4 is 5.73 Å². The number of unbranched alkanes of at least 4 members (excludes halogenated alkanes) is 51. The van der Waals surface area contributed by atoms with Gasteiger partial charge in [-0.2, -0.15) is 0 Å². The maximum absolute atomic E-state index is 12.8. The highest BCUT2D eigenvalue weighted by Gasteiger charge is 2.27. The van der Waals surface area contributed by atoms with Crippen LogP contribution in [0.4, 0.5) is 0 Å². The zero-order valence-corrected chi connectivity index (χ0v) is 50.8. The molecule has 0 rings (SSSR count). The van der Waals surface area contributed by atoms with Gasteiger partial charge in [0.1, 0.15) is 12.1 Å². The van der Waals surface area contributed by atoms with Crippen molar-refractivity contribution in [3.63, 3.8) is 0 Å². The van der Waals surface area contributed by atoms with Gasteiger partial charge in [0.2, 0.25) is 0 Å². The quantitative estimate of drug-likeness (QED) is 0.0305. The Morgan fingerprint density at radius 3 is 0.880 bits per heavy atom. The lowest BCUT2D eigenvalue weighted by Gasteiger charge is -2.20. The van der Waals surface area contributed by atoms with Crippen LogP contribution in [0.2, 0.25) is 0 Å². The minimum absolute atomic E-state index is 0.0268. The predicted octanol–water partition coefficient (Wildman–Crippen LogP) is 20.6. The fourth-order valence-electron chi connectivity index (χ4n) is 10.3. The van der Waals surface area contributed by atoms with Crippen LogP contribution in [0.1, 0.15) is 361 Å². The van der Waals surface area contributed by atoms with E-state index in [4.69, 9.17) is 29.4 Å². The number of aliphatic carboxylic acids is 1. The second-order valence-electron chi connectivity index (χ2n) is 23.0. The Labute approximate surface area is 465 Å². The monoisotopic (exact) mass is 1090 g/mol. The Kier molecular flexibility index (Phi) is 59.8. The minimum atomic E-state index is -4.62. The normalized spacial score (nSPS) is 13.3. The smallest absolute Gasteiger partial charge is 0.472 e. The summed E-state index contributed by atoms with van der Waals surface area (Å²) >= 11 is 0. The maximum atomic E-state index is 12.8. The largest absolute Gasteiger partial charge is 0.480 e.